The van der Waals surface area contributed by atoms with Gasteiger partial charge in [0.25, 0.3) is 0 Å². The molecule has 0 aliphatic heterocycles. The molecular formula is C13H8F15O2-. The molecule has 0 N–H and O–H groups in total. The second-order valence-electron chi connectivity index (χ2n) is 5.79. The van der Waals surface area contributed by atoms with E-state index in [4.69, 9.17) is 0 Å². The first-order valence-corrected chi connectivity index (χ1v) is 7.04. The van der Waals surface area contributed by atoms with E-state index in [1.54, 1.807) is 0 Å². The fraction of sp³-hybridized carbons (Fsp3) is 0.769. The van der Waals surface area contributed by atoms with E-state index >= 15 is 0 Å². The number of aliphatic carboxylic acids is 1. The summed E-state index contributed by atoms with van der Waals surface area (Å²) in [7, 11) is 0. The number of hydrogen-bond donors (Lipinski definition) is 0. The normalized spacial score (nSPS) is 16.1. The Hall–Kier alpha value is -1.84. The van der Waals surface area contributed by atoms with Gasteiger partial charge in [0.1, 0.15) is 0 Å². The minimum Gasteiger partial charge on any atom is -0.545 e. The van der Waals surface area contributed by atoms with Crippen LogP contribution in [0.2, 0.25) is 0 Å². The average molecular weight is 481 g/mol. The number of carboxylic acids is 1. The van der Waals surface area contributed by atoms with Gasteiger partial charge in [0.15, 0.2) is 0 Å². The summed E-state index contributed by atoms with van der Waals surface area (Å²) >= 11 is 0. The van der Waals surface area contributed by atoms with Gasteiger partial charge < -0.3 is 9.90 Å². The maximum Gasteiger partial charge on any atom is 0.438 e. The van der Waals surface area contributed by atoms with Gasteiger partial charge in [0.05, 0.1) is 5.97 Å². The molecule has 30 heavy (non-hydrogen) atoms. The third-order valence-electron chi connectivity index (χ3n) is 3.69. The highest BCUT2D eigenvalue weighted by Gasteiger charge is 2.95. The fourth-order valence-electron chi connectivity index (χ4n) is 1.87. The Kier molecular flexibility index (Phi) is 7.22. The summed E-state index contributed by atoms with van der Waals surface area (Å²) in [5.41, 5.74) is -9.27. The molecule has 0 aliphatic rings. The number of alkyl halides is 15. The van der Waals surface area contributed by atoms with E-state index in [1.807, 2.05) is 0 Å². The zero-order valence-electron chi connectivity index (χ0n) is 14.0. The molecule has 0 bridgehead atoms. The van der Waals surface area contributed by atoms with Crippen molar-refractivity contribution in [2.24, 2.45) is 0 Å². The molecule has 0 saturated carbocycles. The quantitative estimate of drug-likeness (QED) is 0.368. The molecule has 0 rings (SSSR count). The molecule has 2 nitrogen and oxygen atoms in total. The number of carbonyl (C=O) groups excluding carboxylic acids is 1. The van der Waals surface area contributed by atoms with Gasteiger partial charge >= 0.3 is 41.7 Å². The van der Waals surface area contributed by atoms with Crippen LogP contribution in [-0.4, -0.2) is 47.7 Å². The summed E-state index contributed by atoms with van der Waals surface area (Å²) < 4.78 is 194. The number of carbonyl (C=O) groups is 1. The van der Waals surface area contributed by atoms with Crippen molar-refractivity contribution in [3.8, 4) is 0 Å². The summed E-state index contributed by atoms with van der Waals surface area (Å²) in [4.78, 5) is 10.3. The molecule has 0 aromatic carbocycles. The Morgan fingerprint density at radius 3 is 1.37 bits per heavy atom. The van der Waals surface area contributed by atoms with Crippen molar-refractivity contribution >= 4 is 5.97 Å². The lowest BCUT2D eigenvalue weighted by atomic mass is 9.85. The van der Waals surface area contributed by atoms with E-state index in [0.717, 1.165) is 0 Å². The van der Waals surface area contributed by atoms with Crippen LogP contribution in [0.1, 0.15) is 19.8 Å². The molecule has 0 atom stereocenters. The van der Waals surface area contributed by atoms with E-state index in [0.29, 0.717) is 6.92 Å². The lowest BCUT2D eigenvalue weighted by Crippen LogP contribution is -2.75. The zero-order valence-corrected chi connectivity index (χ0v) is 14.0. The smallest absolute Gasteiger partial charge is 0.438 e. The van der Waals surface area contributed by atoms with Gasteiger partial charge in [0.2, 0.25) is 0 Å². The highest BCUT2D eigenvalue weighted by Crippen LogP contribution is 2.64. The molecule has 0 fully saturated rings. The molecule has 0 aliphatic carbocycles. The van der Waals surface area contributed by atoms with Gasteiger partial charge in [-0.2, -0.15) is 61.5 Å². The van der Waals surface area contributed by atoms with E-state index in [2.05, 4.69) is 0 Å². The standard InChI is InChI=1S/C13H9F15O2/c1-5(6(29)30)3-2-4-7(14,15)9(17,18)11(21,22)10(19,20)8(16,12(23,24)25)13(26,27)28/h3H,2,4H2,1H3,(H,29,30)/p-1. The van der Waals surface area contributed by atoms with Crippen molar-refractivity contribution in [1.29, 1.82) is 0 Å². The van der Waals surface area contributed by atoms with Crippen LogP contribution in [-0.2, 0) is 4.79 Å². The first-order chi connectivity index (χ1) is 12.8. The number of rotatable bonds is 8. The lowest BCUT2D eigenvalue weighted by Gasteiger charge is -2.43. The Balaban J connectivity index is 6.40. The third-order valence-corrected chi connectivity index (χ3v) is 3.69. The van der Waals surface area contributed by atoms with Gasteiger partial charge in [-0.1, -0.05) is 6.08 Å². The summed E-state index contributed by atoms with van der Waals surface area (Å²) in [5.74, 6) is -32.8. The van der Waals surface area contributed by atoms with E-state index < -0.39 is 66.1 Å². The Morgan fingerprint density at radius 1 is 0.700 bits per heavy atom. The first kappa shape index (κ1) is 28.2. The van der Waals surface area contributed by atoms with Crippen LogP contribution in [0.15, 0.2) is 11.6 Å². The van der Waals surface area contributed by atoms with Crippen molar-refractivity contribution in [2.75, 3.05) is 0 Å². The van der Waals surface area contributed by atoms with Crippen LogP contribution in [0.25, 0.3) is 0 Å². The van der Waals surface area contributed by atoms with Gasteiger partial charge in [-0.05, 0) is 18.9 Å². The monoisotopic (exact) mass is 481 g/mol. The van der Waals surface area contributed by atoms with Crippen molar-refractivity contribution in [3.05, 3.63) is 11.6 Å². The van der Waals surface area contributed by atoms with Crippen molar-refractivity contribution in [2.45, 2.75) is 61.5 Å². The van der Waals surface area contributed by atoms with E-state index in [1.165, 1.54) is 0 Å². The minimum atomic E-state index is -8.46. The highest BCUT2D eigenvalue weighted by molar-refractivity contribution is 5.83. The number of carboxylic acid groups (broad SMARTS) is 1. The zero-order chi connectivity index (χ0) is 24.8. The number of hydrogen-bond acceptors (Lipinski definition) is 2. The molecule has 0 unspecified atom stereocenters. The lowest BCUT2D eigenvalue weighted by molar-refractivity contribution is -0.457. The average Bonchev–Trinajstić information content (AvgIpc) is 2.50. The summed E-state index contributed by atoms with van der Waals surface area (Å²) in [6, 6.07) is 0. The van der Waals surface area contributed by atoms with Crippen LogP contribution < -0.4 is 5.11 Å². The van der Waals surface area contributed by atoms with Crippen LogP contribution in [0.5, 0.6) is 0 Å². The van der Waals surface area contributed by atoms with Gasteiger partial charge in [-0.15, -0.1) is 0 Å². The molecule has 0 aromatic rings. The van der Waals surface area contributed by atoms with E-state index in [-0.39, 0.29) is 6.08 Å². The Labute approximate surface area is 156 Å². The second kappa shape index (κ2) is 7.69. The second-order valence-corrected chi connectivity index (χ2v) is 5.79. The predicted octanol–water partition coefficient (Wildman–Crippen LogP) is 4.84. The predicted molar refractivity (Wildman–Crippen MR) is 63.7 cm³/mol. The topological polar surface area (TPSA) is 40.1 Å². The maximum absolute atomic E-state index is 13.4. The molecule has 17 heteroatoms. The SMILES string of the molecule is CC(=CCCC(F)(F)C(F)(F)C(F)(F)C(F)(F)C(F)(C(F)(F)F)C(F)(F)F)C(=O)[O-]. The van der Waals surface area contributed by atoms with Gasteiger partial charge in [-0.25, -0.2) is 4.39 Å². The summed E-state index contributed by atoms with van der Waals surface area (Å²) in [6.45, 7) is 0.624. The minimum absolute atomic E-state index is 0.139. The number of allylic oxidation sites excluding steroid dienone is 1. The van der Waals surface area contributed by atoms with Gasteiger partial charge in [0, 0.05) is 6.42 Å². The largest absolute Gasteiger partial charge is 0.545 e. The fourth-order valence-corrected chi connectivity index (χ4v) is 1.87. The highest BCUT2D eigenvalue weighted by atomic mass is 19.4. The molecule has 0 aromatic heterocycles. The third kappa shape index (κ3) is 4.15. The van der Waals surface area contributed by atoms with Crippen LogP contribution >= 0.6 is 0 Å². The molecule has 178 valence electrons. The molecule has 0 heterocycles. The van der Waals surface area contributed by atoms with Crippen LogP contribution in [0.3, 0.4) is 0 Å². The molecule has 0 amide bonds. The van der Waals surface area contributed by atoms with Crippen molar-refractivity contribution < 1.29 is 75.8 Å². The number of halogens is 15. The summed E-state index contributed by atoms with van der Waals surface area (Å²) in [6.07, 6.45) is -20.0. The Morgan fingerprint density at radius 2 is 1.07 bits per heavy atom. The molecule has 0 saturated heterocycles. The maximum atomic E-state index is 13.4. The first-order valence-electron chi connectivity index (χ1n) is 7.04. The molecule has 0 spiro atoms. The van der Waals surface area contributed by atoms with E-state index in [9.17, 15) is 75.8 Å². The van der Waals surface area contributed by atoms with Crippen molar-refractivity contribution in [1.82, 2.24) is 0 Å². The van der Waals surface area contributed by atoms with Crippen molar-refractivity contribution in [3.63, 3.8) is 0 Å². The molecule has 0 radical (unpaired) electrons. The molecular weight excluding hydrogens is 473 g/mol. The Bertz CT molecular complexity index is 657. The van der Waals surface area contributed by atoms with Crippen LogP contribution in [0, 0.1) is 0 Å². The van der Waals surface area contributed by atoms with Gasteiger partial charge in [-0.3, -0.25) is 0 Å². The van der Waals surface area contributed by atoms with Crippen LogP contribution in [0.4, 0.5) is 65.9 Å². The summed E-state index contributed by atoms with van der Waals surface area (Å²) in [5, 5.41) is 10.3.